The summed E-state index contributed by atoms with van der Waals surface area (Å²) >= 11 is 0. The molecule has 0 radical (unpaired) electrons. The first-order valence-corrected chi connectivity index (χ1v) is 5.79. The quantitative estimate of drug-likeness (QED) is 0.808. The van der Waals surface area contributed by atoms with Crippen molar-refractivity contribution in [1.82, 2.24) is 15.2 Å². The smallest absolute Gasteiger partial charge is 0.216 e. The molecule has 0 aliphatic carbocycles. The topological polar surface area (TPSA) is 77.8 Å². The van der Waals surface area contributed by atoms with E-state index < -0.39 is 0 Å². The van der Waals surface area contributed by atoms with E-state index >= 15 is 0 Å². The summed E-state index contributed by atoms with van der Waals surface area (Å²) < 4.78 is 5.50. The van der Waals surface area contributed by atoms with Crippen LogP contribution in [-0.4, -0.2) is 21.7 Å². The average Bonchev–Trinajstić information content (AvgIpc) is 2.83. The number of hydrogen-bond donors (Lipinski definition) is 1. The maximum Gasteiger partial charge on any atom is 0.216 e. The van der Waals surface area contributed by atoms with E-state index in [1.54, 1.807) is 6.20 Å². The molecule has 2 aromatic heterocycles. The zero-order valence-corrected chi connectivity index (χ0v) is 9.67. The van der Waals surface area contributed by atoms with Gasteiger partial charge in [0, 0.05) is 24.7 Å². The predicted octanol–water partition coefficient (Wildman–Crippen LogP) is 1.14. The highest BCUT2D eigenvalue weighted by Crippen LogP contribution is 2.06. The second-order valence-electron chi connectivity index (χ2n) is 3.80. The largest absolute Gasteiger partial charge is 0.425 e. The lowest BCUT2D eigenvalue weighted by Gasteiger charge is -1.96. The van der Waals surface area contributed by atoms with E-state index in [1.165, 1.54) is 0 Å². The molecule has 0 aliphatic heterocycles. The van der Waals surface area contributed by atoms with Gasteiger partial charge >= 0.3 is 0 Å². The highest BCUT2D eigenvalue weighted by atomic mass is 16.4. The van der Waals surface area contributed by atoms with Crippen LogP contribution in [0.15, 0.2) is 28.8 Å². The van der Waals surface area contributed by atoms with Crippen LogP contribution < -0.4 is 5.73 Å². The molecule has 0 unspecified atom stereocenters. The minimum atomic E-state index is 0.644. The van der Waals surface area contributed by atoms with Gasteiger partial charge in [-0.05, 0) is 31.5 Å². The van der Waals surface area contributed by atoms with Gasteiger partial charge in [0.05, 0.1) is 0 Å². The van der Waals surface area contributed by atoms with Crippen LogP contribution in [0.5, 0.6) is 0 Å². The predicted molar refractivity (Wildman–Crippen MR) is 63.3 cm³/mol. The number of aromatic nitrogens is 3. The van der Waals surface area contributed by atoms with E-state index in [4.69, 9.17) is 10.2 Å². The summed E-state index contributed by atoms with van der Waals surface area (Å²) in [7, 11) is 0. The van der Waals surface area contributed by atoms with Crippen LogP contribution in [0.4, 0.5) is 0 Å². The Morgan fingerprint density at radius 2 is 1.88 bits per heavy atom. The van der Waals surface area contributed by atoms with E-state index in [9.17, 15) is 0 Å². The van der Waals surface area contributed by atoms with Gasteiger partial charge < -0.3 is 10.2 Å². The molecule has 2 N–H and O–H groups in total. The number of nitrogens with two attached hydrogens (primary N) is 1. The summed E-state index contributed by atoms with van der Waals surface area (Å²) in [6.45, 7) is 0.644. The number of aryl methyl sites for hydroxylation is 3. The maximum atomic E-state index is 5.50. The van der Waals surface area contributed by atoms with Gasteiger partial charge in [-0.3, -0.25) is 4.98 Å². The van der Waals surface area contributed by atoms with E-state index in [1.807, 2.05) is 18.2 Å². The molecular weight excluding hydrogens is 216 g/mol. The summed E-state index contributed by atoms with van der Waals surface area (Å²) in [6.07, 6.45) is 4.97. The Kier molecular flexibility index (Phi) is 4.21. The lowest BCUT2D eigenvalue weighted by molar-refractivity contribution is 0.444. The maximum absolute atomic E-state index is 5.50. The van der Waals surface area contributed by atoms with Crippen LogP contribution in [0.25, 0.3) is 0 Å². The van der Waals surface area contributed by atoms with Gasteiger partial charge in [0.1, 0.15) is 0 Å². The second kappa shape index (κ2) is 6.10. The normalized spacial score (nSPS) is 10.6. The standard InChI is InChI=1S/C12H16N4O/c13-8-3-5-11-15-16-12(17-11)7-6-10-4-1-2-9-14-10/h1-2,4,9H,3,5-8,13H2. The van der Waals surface area contributed by atoms with E-state index in [0.29, 0.717) is 18.3 Å². The van der Waals surface area contributed by atoms with Gasteiger partial charge in [0.15, 0.2) is 0 Å². The molecule has 5 nitrogen and oxygen atoms in total. The number of rotatable bonds is 6. The van der Waals surface area contributed by atoms with Crippen molar-refractivity contribution in [2.45, 2.75) is 25.7 Å². The molecule has 2 heterocycles. The third kappa shape index (κ3) is 3.64. The molecule has 2 aromatic rings. The zero-order chi connectivity index (χ0) is 11.9. The molecule has 0 atom stereocenters. The molecule has 0 saturated carbocycles. The van der Waals surface area contributed by atoms with Crippen LogP contribution in [0.2, 0.25) is 0 Å². The van der Waals surface area contributed by atoms with Crippen LogP contribution >= 0.6 is 0 Å². The monoisotopic (exact) mass is 232 g/mol. The van der Waals surface area contributed by atoms with Crippen molar-refractivity contribution in [2.24, 2.45) is 5.73 Å². The van der Waals surface area contributed by atoms with Crippen molar-refractivity contribution in [3.8, 4) is 0 Å². The Hall–Kier alpha value is -1.75. The summed E-state index contributed by atoms with van der Waals surface area (Å²) in [6, 6.07) is 5.87. The first kappa shape index (κ1) is 11.7. The van der Waals surface area contributed by atoms with Crippen molar-refractivity contribution in [1.29, 1.82) is 0 Å². The van der Waals surface area contributed by atoms with Crippen LogP contribution in [-0.2, 0) is 19.3 Å². The van der Waals surface area contributed by atoms with E-state index in [2.05, 4.69) is 15.2 Å². The minimum absolute atomic E-state index is 0.644. The molecule has 0 aliphatic rings. The van der Waals surface area contributed by atoms with Crippen molar-refractivity contribution < 1.29 is 4.42 Å². The molecular formula is C12H16N4O. The third-order valence-electron chi connectivity index (χ3n) is 2.42. The highest BCUT2D eigenvalue weighted by Gasteiger charge is 2.05. The zero-order valence-electron chi connectivity index (χ0n) is 9.67. The van der Waals surface area contributed by atoms with Gasteiger partial charge in [-0.1, -0.05) is 6.07 Å². The molecule has 5 heteroatoms. The fraction of sp³-hybridized carbons (Fsp3) is 0.417. The average molecular weight is 232 g/mol. The fourth-order valence-electron chi connectivity index (χ4n) is 1.52. The van der Waals surface area contributed by atoms with Crippen LogP contribution in [0, 0.1) is 0 Å². The molecule has 17 heavy (non-hydrogen) atoms. The van der Waals surface area contributed by atoms with Crippen LogP contribution in [0.3, 0.4) is 0 Å². The van der Waals surface area contributed by atoms with E-state index in [0.717, 1.165) is 31.4 Å². The van der Waals surface area contributed by atoms with Gasteiger partial charge in [-0.25, -0.2) is 0 Å². The number of pyridine rings is 1. The Morgan fingerprint density at radius 1 is 1.06 bits per heavy atom. The summed E-state index contributed by atoms with van der Waals surface area (Å²) in [5.74, 6) is 1.34. The Morgan fingerprint density at radius 3 is 2.59 bits per heavy atom. The molecule has 0 fully saturated rings. The molecule has 0 aromatic carbocycles. The van der Waals surface area contributed by atoms with Gasteiger partial charge in [0.2, 0.25) is 11.8 Å². The highest BCUT2D eigenvalue weighted by molar-refractivity contribution is 5.04. The van der Waals surface area contributed by atoms with Crippen molar-refractivity contribution in [3.63, 3.8) is 0 Å². The van der Waals surface area contributed by atoms with Gasteiger partial charge in [-0.2, -0.15) is 0 Å². The Bertz CT molecular complexity index is 441. The third-order valence-corrected chi connectivity index (χ3v) is 2.42. The Labute approximate surface area is 100 Å². The Balaban J connectivity index is 1.85. The molecule has 2 rings (SSSR count). The molecule has 0 amide bonds. The van der Waals surface area contributed by atoms with Gasteiger partial charge in [-0.15, -0.1) is 10.2 Å². The lowest BCUT2D eigenvalue weighted by atomic mass is 10.2. The summed E-state index contributed by atoms with van der Waals surface area (Å²) in [5, 5.41) is 7.97. The number of nitrogens with zero attached hydrogens (tertiary/aromatic N) is 3. The molecule has 0 spiro atoms. The second-order valence-corrected chi connectivity index (χ2v) is 3.80. The minimum Gasteiger partial charge on any atom is -0.425 e. The van der Waals surface area contributed by atoms with Crippen molar-refractivity contribution in [2.75, 3.05) is 6.54 Å². The molecule has 90 valence electrons. The molecule has 0 bridgehead atoms. The van der Waals surface area contributed by atoms with E-state index in [-0.39, 0.29) is 0 Å². The lowest BCUT2D eigenvalue weighted by Crippen LogP contribution is -2.00. The number of hydrogen-bond acceptors (Lipinski definition) is 5. The summed E-state index contributed by atoms with van der Waals surface area (Å²) in [5.41, 5.74) is 6.46. The summed E-state index contributed by atoms with van der Waals surface area (Å²) in [4.78, 5) is 4.24. The first-order chi connectivity index (χ1) is 8.38. The van der Waals surface area contributed by atoms with Gasteiger partial charge in [0.25, 0.3) is 0 Å². The van der Waals surface area contributed by atoms with Crippen molar-refractivity contribution in [3.05, 3.63) is 41.9 Å². The first-order valence-electron chi connectivity index (χ1n) is 5.79. The SMILES string of the molecule is NCCCc1nnc(CCc2ccccn2)o1. The molecule has 0 saturated heterocycles. The van der Waals surface area contributed by atoms with Crippen molar-refractivity contribution >= 4 is 0 Å². The fourth-order valence-corrected chi connectivity index (χ4v) is 1.52. The van der Waals surface area contributed by atoms with Crippen LogP contribution in [0.1, 0.15) is 23.9 Å².